The molecule has 0 aromatic carbocycles. The van der Waals surface area contributed by atoms with Crippen LogP contribution in [0, 0.1) is 0 Å². The third-order valence-electron chi connectivity index (χ3n) is 2.75. The van der Waals surface area contributed by atoms with Gasteiger partial charge in [-0.15, -0.1) is 0 Å². The van der Waals surface area contributed by atoms with Gasteiger partial charge in [-0.05, 0) is 39.3 Å². The minimum absolute atomic E-state index is 0.00431. The van der Waals surface area contributed by atoms with E-state index >= 15 is 0 Å². The maximum atomic E-state index is 10.7. The number of rotatable bonds is 6. The van der Waals surface area contributed by atoms with Gasteiger partial charge in [-0.2, -0.15) is 0 Å². The topological polar surface area (TPSA) is 62.5 Å². The van der Waals surface area contributed by atoms with Crippen LogP contribution in [0.1, 0.15) is 62.9 Å². The fourth-order valence-corrected chi connectivity index (χ4v) is 2.05. The van der Waals surface area contributed by atoms with Gasteiger partial charge in [0.2, 0.25) is 5.76 Å². The Balaban J connectivity index is 2.69. The van der Waals surface area contributed by atoms with E-state index in [2.05, 4.69) is 26.1 Å². The third kappa shape index (κ3) is 3.89. The number of aromatic carboxylic acids is 1. The van der Waals surface area contributed by atoms with Crippen LogP contribution in [0.15, 0.2) is 16.5 Å². The van der Waals surface area contributed by atoms with Crippen LogP contribution in [0.4, 0.5) is 0 Å². The van der Waals surface area contributed by atoms with E-state index < -0.39 is 5.97 Å². The second-order valence-corrected chi connectivity index (χ2v) is 5.01. The first-order valence-electron chi connectivity index (χ1n) is 5.96. The van der Waals surface area contributed by atoms with Crippen LogP contribution in [-0.4, -0.2) is 16.6 Å². The molecule has 96 valence electrons. The van der Waals surface area contributed by atoms with Crippen LogP contribution >= 0.6 is 0 Å². The Morgan fingerprint density at radius 3 is 2.65 bits per heavy atom. The normalized spacial score (nSPS) is 13.6. The summed E-state index contributed by atoms with van der Waals surface area (Å²) in [6.07, 6.45) is 2.16. The molecule has 1 rings (SSSR count). The molecule has 1 aromatic heterocycles. The molecule has 4 nitrogen and oxygen atoms in total. The Bertz CT molecular complexity index is 382. The summed E-state index contributed by atoms with van der Waals surface area (Å²) in [5, 5.41) is 12.2. The SMILES string of the molecule is CCCC(C)(C)NC(C)c1ccc(C(=O)O)o1. The molecule has 17 heavy (non-hydrogen) atoms. The zero-order valence-corrected chi connectivity index (χ0v) is 10.9. The molecule has 0 fully saturated rings. The van der Waals surface area contributed by atoms with Gasteiger partial charge in [0.15, 0.2) is 0 Å². The summed E-state index contributed by atoms with van der Waals surface area (Å²) in [7, 11) is 0. The van der Waals surface area contributed by atoms with Crippen molar-refractivity contribution >= 4 is 5.97 Å². The number of hydrogen-bond donors (Lipinski definition) is 2. The monoisotopic (exact) mass is 239 g/mol. The van der Waals surface area contributed by atoms with E-state index in [4.69, 9.17) is 9.52 Å². The van der Waals surface area contributed by atoms with Crippen LogP contribution in [-0.2, 0) is 0 Å². The van der Waals surface area contributed by atoms with E-state index in [1.165, 1.54) is 6.07 Å². The highest BCUT2D eigenvalue weighted by atomic mass is 16.4. The van der Waals surface area contributed by atoms with Gasteiger partial charge in [0.25, 0.3) is 0 Å². The van der Waals surface area contributed by atoms with E-state index in [1.807, 2.05) is 6.92 Å². The molecular weight excluding hydrogens is 218 g/mol. The first-order valence-corrected chi connectivity index (χ1v) is 5.96. The van der Waals surface area contributed by atoms with Gasteiger partial charge in [-0.3, -0.25) is 0 Å². The van der Waals surface area contributed by atoms with Crippen molar-refractivity contribution in [1.29, 1.82) is 0 Å². The first-order chi connectivity index (χ1) is 7.85. The lowest BCUT2D eigenvalue weighted by Crippen LogP contribution is -2.40. The molecule has 1 aromatic rings. The Morgan fingerprint density at radius 2 is 2.18 bits per heavy atom. The molecule has 0 bridgehead atoms. The van der Waals surface area contributed by atoms with Crippen molar-refractivity contribution in [3.05, 3.63) is 23.7 Å². The lowest BCUT2D eigenvalue weighted by Gasteiger charge is -2.29. The first kappa shape index (κ1) is 13.8. The third-order valence-corrected chi connectivity index (χ3v) is 2.75. The molecular formula is C13H21NO3. The smallest absolute Gasteiger partial charge is 0.371 e. The van der Waals surface area contributed by atoms with Crippen molar-refractivity contribution in [2.45, 2.75) is 52.1 Å². The fourth-order valence-electron chi connectivity index (χ4n) is 2.05. The number of furan rings is 1. The highest BCUT2D eigenvalue weighted by Crippen LogP contribution is 2.21. The lowest BCUT2D eigenvalue weighted by molar-refractivity contribution is 0.0659. The van der Waals surface area contributed by atoms with E-state index in [0.29, 0.717) is 5.76 Å². The van der Waals surface area contributed by atoms with Gasteiger partial charge in [-0.1, -0.05) is 13.3 Å². The van der Waals surface area contributed by atoms with Crippen molar-refractivity contribution in [2.75, 3.05) is 0 Å². The highest BCUT2D eigenvalue weighted by molar-refractivity contribution is 5.84. The van der Waals surface area contributed by atoms with E-state index in [0.717, 1.165) is 12.8 Å². The zero-order valence-electron chi connectivity index (χ0n) is 10.9. The second kappa shape index (κ2) is 5.36. The van der Waals surface area contributed by atoms with Gasteiger partial charge >= 0.3 is 5.97 Å². The number of hydrogen-bond acceptors (Lipinski definition) is 3. The van der Waals surface area contributed by atoms with Crippen molar-refractivity contribution in [2.24, 2.45) is 0 Å². The minimum Gasteiger partial charge on any atom is -0.475 e. The Labute approximate surface area is 102 Å². The summed E-state index contributed by atoms with van der Waals surface area (Å²) < 4.78 is 5.27. The highest BCUT2D eigenvalue weighted by Gasteiger charge is 2.22. The number of carbonyl (C=O) groups is 1. The fraction of sp³-hybridized carbons (Fsp3) is 0.615. The quantitative estimate of drug-likeness (QED) is 0.800. The standard InChI is InChI=1S/C13H21NO3/c1-5-8-13(3,4)14-9(2)10-6-7-11(17-10)12(15)16/h6-7,9,14H,5,8H2,1-4H3,(H,15,16). The molecule has 0 aliphatic carbocycles. The number of carboxylic acids is 1. The number of carboxylic acid groups (broad SMARTS) is 1. The van der Waals surface area contributed by atoms with E-state index in [-0.39, 0.29) is 17.3 Å². The molecule has 2 N–H and O–H groups in total. The summed E-state index contributed by atoms with van der Waals surface area (Å²) in [5.41, 5.74) is 0.0182. The van der Waals surface area contributed by atoms with Crippen LogP contribution < -0.4 is 5.32 Å². The molecule has 1 atom stereocenters. The average Bonchev–Trinajstić information content (AvgIpc) is 2.64. The molecule has 4 heteroatoms. The maximum absolute atomic E-state index is 10.7. The summed E-state index contributed by atoms with van der Waals surface area (Å²) in [6.45, 7) is 8.38. The molecule has 0 aliphatic rings. The number of nitrogens with one attached hydrogen (secondary N) is 1. The molecule has 0 radical (unpaired) electrons. The molecule has 0 saturated carbocycles. The summed E-state index contributed by atoms with van der Waals surface area (Å²) >= 11 is 0. The van der Waals surface area contributed by atoms with E-state index in [9.17, 15) is 4.79 Å². The van der Waals surface area contributed by atoms with Crippen molar-refractivity contribution < 1.29 is 14.3 Å². The summed E-state index contributed by atoms with van der Waals surface area (Å²) in [5.74, 6) is -0.384. The Morgan fingerprint density at radius 1 is 1.53 bits per heavy atom. The molecule has 0 spiro atoms. The molecule has 1 unspecified atom stereocenters. The lowest BCUT2D eigenvalue weighted by atomic mass is 9.97. The summed E-state index contributed by atoms with van der Waals surface area (Å²) in [4.78, 5) is 10.7. The van der Waals surface area contributed by atoms with E-state index in [1.54, 1.807) is 6.07 Å². The van der Waals surface area contributed by atoms with Gasteiger partial charge in [0.05, 0.1) is 6.04 Å². The van der Waals surface area contributed by atoms with Crippen LogP contribution in [0.2, 0.25) is 0 Å². The van der Waals surface area contributed by atoms with Gasteiger partial charge in [-0.25, -0.2) is 4.79 Å². The Kier molecular flexibility index (Phi) is 4.34. The van der Waals surface area contributed by atoms with Gasteiger partial charge < -0.3 is 14.8 Å². The predicted octanol–water partition coefficient (Wildman–Crippen LogP) is 3.21. The maximum Gasteiger partial charge on any atom is 0.371 e. The Hall–Kier alpha value is -1.29. The summed E-state index contributed by atoms with van der Waals surface area (Å²) in [6, 6.07) is 3.20. The largest absolute Gasteiger partial charge is 0.475 e. The molecule has 0 aliphatic heterocycles. The van der Waals surface area contributed by atoms with Crippen molar-refractivity contribution in [3.63, 3.8) is 0 Å². The van der Waals surface area contributed by atoms with Crippen molar-refractivity contribution in [3.8, 4) is 0 Å². The van der Waals surface area contributed by atoms with Gasteiger partial charge in [0.1, 0.15) is 5.76 Å². The second-order valence-electron chi connectivity index (χ2n) is 5.01. The van der Waals surface area contributed by atoms with Crippen LogP contribution in [0.25, 0.3) is 0 Å². The van der Waals surface area contributed by atoms with Crippen LogP contribution in [0.5, 0.6) is 0 Å². The molecule has 1 heterocycles. The predicted molar refractivity (Wildman–Crippen MR) is 66.2 cm³/mol. The molecule has 0 amide bonds. The average molecular weight is 239 g/mol. The molecule has 0 saturated heterocycles. The minimum atomic E-state index is -1.03. The zero-order chi connectivity index (χ0) is 13.1. The van der Waals surface area contributed by atoms with Crippen molar-refractivity contribution in [1.82, 2.24) is 5.32 Å². The van der Waals surface area contributed by atoms with Crippen LogP contribution in [0.3, 0.4) is 0 Å². The van der Waals surface area contributed by atoms with Gasteiger partial charge in [0, 0.05) is 5.54 Å².